The molecule has 21 heavy (non-hydrogen) atoms. The first-order valence-corrected chi connectivity index (χ1v) is 8.21. The number of thiophene rings is 1. The van der Waals surface area contributed by atoms with E-state index >= 15 is 0 Å². The molecule has 1 atom stereocenters. The Kier molecular flexibility index (Phi) is 5.01. The SMILES string of the molecule is CC(c1cccs1)N(C)c1cc(CNC(C)(C)C)ccn1. The molecule has 0 fully saturated rings. The molecule has 2 rings (SSSR count). The Morgan fingerprint density at radius 2 is 2.10 bits per heavy atom. The number of nitrogens with zero attached hydrogens (tertiary/aromatic N) is 2. The van der Waals surface area contributed by atoms with Crippen molar-refractivity contribution >= 4 is 17.2 Å². The van der Waals surface area contributed by atoms with Crippen LogP contribution < -0.4 is 10.2 Å². The summed E-state index contributed by atoms with van der Waals surface area (Å²) in [6, 6.07) is 8.86. The average Bonchev–Trinajstić information content (AvgIpc) is 2.97. The number of nitrogens with one attached hydrogen (secondary N) is 1. The third-order valence-electron chi connectivity index (χ3n) is 3.53. The van der Waals surface area contributed by atoms with Gasteiger partial charge in [0.15, 0.2) is 0 Å². The van der Waals surface area contributed by atoms with Crippen LogP contribution in [0.15, 0.2) is 35.8 Å². The van der Waals surface area contributed by atoms with Gasteiger partial charge in [0.2, 0.25) is 0 Å². The minimum atomic E-state index is 0.125. The number of rotatable bonds is 5. The van der Waals surface area contributed by atoms with E-state index in [0.717, 1.165) is 12.4 Å². The lowest BCUT2D eigenvalue weighted by atomic mass is 10.1. The zero-order valence-corrected chi connectivity index (χ0v) is 14.4. The number of anilines is 1. The van der Waals surface area contributed by atoms with Crippen LogP contribution in [0, 0.1) is 0 Å². The zero-order chi connectivity index (χ0) is 15.5. The number of hydrogen-bond acceptors (Lipinski definition) is 4. The fraction of sp³-hybridized carbons (Fsp3) is 0.471. The maximum Gasteiger partial charge on any atom is 0.129 e. The highest BCUT2D eigenvalue weighted by Gasteiger charge is 2.15. The van der Waals surface area contributed by atoms with Gasteiger partial charge in [0.05, 0.1) is 6.04 Å². The van der Waals surface area contributed by atoms with E-state index in [0.29, 0.717) is 6.04 Å². The molecule has 2 heterocycles. The molecule has 3 nitrogen and oxygen atoms in total. The standard InChI is InChI=1S/C17H25N3S/c1-13(15-7-6-10-21-15)20(5)16-11-14(8-9-18-16)12-19-17(2,3)4/h6-11,13,19H,12H2,1-5H3. The first-order valence-electron chi connectivity index (χ1n) is 7.33. The number of pyridine rings is 1. The Morgan fingerprint density at radius 3 is 2.71 bits per heavy atom. The summed E-state index contributed by atoms with van der Waals surface area (Å²) in [6.07, 6.45) is 1.90. The molecular formula is C17H25N3S. The molecule has 0 saturated carbocycles. The van der Waals surface area contributed by atoms with Gasteiger partial charge in [-0.2, -0.15) is 0 Å². The highest BCUT2D eigenvalue weighted by molar-refractivity contribution is 7.10. The second kappa shape index (κ2) is 6.58. The Balaban J connectivity index is 2.09. The Morgan fingerprint density at radius 1 is 1.33 bits per heavy atom. The minimum absolute atomic E-state index is 0.125. The number of aromatic nitrogens is 1. The molecule has 0 amide bonds. The summed E-state index contributed by atoms with van der Waals surface area (Å²) >= 11 is 1.79. The maximum atomic E-state index is 4.52. The maximum absolute atomic E-state index is 4.52. The van der Waals surface area contributed by atoms with Crippen LogP contribution in [0.25, 0.3) is 0 Å². The predicted octanol–water partition coefficient (Wildman–Crippen LogP) is 4.23. The highest BCUT2D eigenvalue weighted by atomic mass is 32.1. The first kappa shape index (κ1) is 16.0. The van der Waals surface area contributed by atoms with E-state index < -0.39 is 0 Å². The lowest BCUT2D eigenvalue weighted by Gasteiger charge is -2.26. The molecule has 0 aromatic carbocycles. The van der Waals surface area contributed by atoms with Crippen molar-refractivity contribution in [1.29, 1.82) is 0 Å². The summed E-state index contributed by atoms with van der Waals surface area (Å²) in [6.45, 7) is 9.62. The summed E-state index contributed by atoms with van der Waals surface area (Å²) in [5.41, 5.74) is 1.39. The van der Waals surface area contributed by atoms with Crippen molar-refractivity contribution in [1.82, 2.24) is 10.3 Å². The van der Waals surface area contributed by atoms with Crippen molar-refractivity contribution in [2.75, 3.05) is 11.9 Å². The highest BCUT2D eigenvalue weighted by Crippen LogP contribution is 2.27. The van der Waals surface area contributed by atoms with E-state index in [2.05, 4.69) is 79.6 Å². The fourth-order valence-corrected chi connectivity index (χ4v) is 2.88. The smallest absolute Gasteiger partial charge is 0.129 e. The molecule has 1 N–H and O–H groups in total. The van der Waals surface area contributed by atoms with Gasteiger partial charge < -0.3 is 10.2 Å². The van der Waals surface area contributed by atoms with E-state index in [4.69, 9.17) is 0 Å². The van der Waals surface area contributed by atoms with E-state index in [1.54, 1.807) is 11.3 Å². The van der Waals surface area contributed by atoms with Crippen LogP contribution >= 0.6 is 11.3 Å². The van der Waals surface area contributed by atoms with E-state index in [1.165, 1.54) is 10.4 Å². The van der Waals surface area contributed by atoms with Gasteiger partial charge in [0, 0.05) is 30.2 Å². The summed E-state index contributed by atoms with van der Waals surface area (Å²) in [4.78, 5) is 8.10. The molecule has 0 aliphatic heterocycles. The summed E-state index contributed by atoms with van der Waals surface area (Å²) in [7, 11) is 2.10. The van der Waals surface area contributed by atoms with Gasteiger partial charge in [-0.05, 0) is 56.8 Å². The largest absolute Gasteiger partial charge is 0.352 e. The van der Waals surface area contributed by atoms with Crippen LogP contribution in [0.1, 0.15) is 44.2 Å². The van der Waals surface area contributed by atoms with Crippen LogP contribution in [-0.4, -0.2) is 17.6 Å². The van der Waals surface area contributed by atoms with Crippen molar-refractivity contribution in [3.63, 3.8) is 0 Å². The molecule has 2 aromatic rings. The second-order valence-corrected chi connectivity index (χ2v) is 7.41. The molecule has 0 radical (unpaired) electrons. The van der Waals surface area contributed by atoms with Gasteiger partial charge in [-0.3, -0.25) is 0 Å². The predicted molar refractivity (Wildman–Crippen MR) is 92.0 cm³/mol. The van der Waals surface area contributed by atoms with Crippen LogP contribution in [0.4, 0.5) is 5.82 Å². The van der Waals surface area contributed by atoms with Crippen molar-refractivity contribution in [2.24, 2.45) is 0 Å². The van der Waals surface area contributed by atoms with Gasteiger partial charge >= 0.3 is 0 Å². The van der Waals surface area contributed by atoms with Crippen molar-refractivity contribution in [3.8, 4) is 0 Å². The van der Waals surface area contributed by atoms with Gasteiger partial charge in [-0.25, -0.2) is 4.98 Å². The molecule has 0 saturated heterocycles. The molecule has 1 unspecified atom stereocenters. The van der Waals surface area contributed by atoms with Gasteiger partial charge in [-0.1, -0.05) is 6.07 Å². The van der Waals surface area contributed by atoms with E-state index in [-0.39, 0.29) is 5.54 Å². The Bertz CT molecular complexity index is 558. The van der Waals surface area contributed by atoms with Gasteiger partial charge in [-0.15, -0.1) is 11.3 Å². The second-order valence-electron chi connectivity index (χ2n) is 6.43. The number of hydrogen-bond donors (Lipinski definition) is 1. The molecule has 2 aromatic heterocycles. The monoisotopic (exact) mass is 303 g/mol. The van der Waals surface area contributed by atoms with E-state index in [9.17, 15) is 0 Å². The van der Waals surface area contributed by atoms with Crippen molar-refractivity contribution < 1.29 is 0 Å². The molecular weight excluding hydrogens is 278 g/mol. The Labute approximate surface area is 132 Å². The van der Waals surface area contributed by atoms with Crippen LogP contribution in [0.3, 0.4) is 0 Å². The van der Waals surface area contributed by atoms with Crippen LogP contribution in [-0.2, 0) is 6.54 Å². The van der Waals surface area contributed by atoms with E-state index in [1.807, 2.05) is 6.20 Å². The van der Waals surface area contributed by atoms with Crippen molar-refractivity contribution in [2.45, 2.75) is 45.8 Å². The van der Waals surface area contributed by atoms with Crippen LogP contribution in [0.5, 0.6) is 0 Å². The normalized spacial score (nSPS) is 13.2. The summed E-state index contributed by atoms with van der Waals surface area (Å²) in [5, 5.41) is 5.64. The zero-order valence-electron chi connectivity index (χ0n) is 13.6. The van der Waals surface area contributed by atoms with Gasteiger partial charge in [0.1, 0.15) is 5.82 Å². The average molecular weight is 303 g/mol. The molecule has 0 spiro atoms. The van der Waals surface area contributed by atoms with Gasteiger partial charge in [0.25, 0.3) is 0 Å². The minimum Gasteiger partial charge on any atom is -0.352 e. The lowest BCUT2D eigenvalue weighted by Crippen LogP contribution is -2.35. The Hall–Kier alpha value is -1.39. The molecule has 0 aliphatic rings. The van der Waals surface area contributed by atoms with Crippen molar-refractivity contribution in [3.05, 3.63) is 46.3 Å². The molecule has 0 aliphatic carbocycles. The van der Waals surface area contributed by atoms with Crippen LogP contribution in [0.2, 0.25) is 0 Å². The topological polar surface area (TPSA) is 28.2 Å². The molecule has 4 heteroatoms. The summed E-state index contributed by atoms with van der Waals surface area (Å²) in [5.74, 6) is 1.02. The quantitative estimate of drug-likeness (QED) is 0.896. The molecule has 114 valence electrons. The summed E-state index contributed by atoms with van der Waals surface area (Å²) < 4.78 is 0. The fourth-order valence-electron chi connectivity index (χ4n) is 2.05. The third-order valence-corrected chi connectivity index (χ3v) is 4.57. The molecule has 0 bridgehead atoms. The third kappa shape index (κ3) is 4.55. The first-order chi connectivity index (χ1) is 9.87. The lowest BCUT2D eigenvalue weighted by molar-refractivity contribution is 0.424.